The van der Waals surface area contributed by atoms with Crippen LogP contribution in [0.4, 0.5) is 19.0 Å². The maximum absolute atomic E-state index is 12.5. The monoisotopic (exact) mass is 421 g/mol. The number of aryl methyl sites for hydroxylation is 2. The van der Waals surface area contributed by atoms with Gasteiger partial charge < -0.3 is 10.1 Å². The standard InChI is InChI=1S/C20H22F3N5O2/c1-4-14-15-17(24-11-5-10-20(21,22)23)25-16(26-18(15)28(2)27-14)12-6-8-13(9-7-12)19(29)30-3/h6-9H,4-5,10-11H2,1-3H3,(H,24,25,26). The molecule has 0 saturated carbocycles. The van der Waals surface area contributed by atoms with E-state index in [4.69, 9.17) is 4.74 Å². The first kappa shape index (κ1) is 21.5. The van der Waals surface area contributed by atoms with Gasteiger partial charge >= 0.3 is 12.1 Å². The van der Waals surface area contributed by atoms with Crippen LogP contribution >= 0.6 is 0 Å². The summed E-state index contributed by atoms with van der Waals surface area (Å²) in [5.74, 6) is 0.367. The van der Waals surface area contributed by atoms with Crippen LogP contribution in [0, 0.1) is 0 Å². The Labute approximate surface area is 171 Å². The number of ether oxygens (including phenoxy) is 1. The Morgan fingerprint density at radius 1 is 1.20 bits per heavy atom. The number of anilines is 1. The number of fused-ring (bicyclic) bond motifs is 1. The third-order valence-electron chi connectivity index (χ3n) is 4.58. The zero-order chi connectivity index (χ0) is 21.9. The van der Waals surface area contributed by atoms with Gasteiger partial charge in [-0.3, -0.25) is 0 Å². The first-order valence-corrected chi connectivity index (χ1v) is 9.46. The molecular formula is C20H22F3N5O2. The number of esters is 1. The van der Waals surface area contributed by atoms with Gasteiger partial charge in [0.05, 0.1) is 23.8 Å². The third kappa shape index (κ3) is 4.69. The number of nitrogens with zero attached hydrogens (tertiary/aromatic N) is 4. The van der Waals surface area contributed by atoms with Gasteiger partial charge in [0, 0.05) is 25.6 Å². The van der Waals surface area contributed by atoms with Crippen LogP contribution in [-0.2, 0) is 18.2 Å². The van der Waals surface area contributed by atoms with Crippen molar-refractivity contribution < 1.29 is 22.7 Å². The number of halogens is 3. The molecule has 2 heterocycles. The van der Waals surface area contributed by atoms with Crippen molar-refractivity contribution in [1.29, 1.82) is 0 Å². The SMILES string of the molecule is CCc1nn(C)c2nc(-c3ccc(C(=O)OC)cc3)nc(NCCCC(F)(F)F)c12. The summed E-state index contributed by atoms with van der Waals surface area (Å²) in [5.41, 5.74) is 2.38. The summed E-state index contributed by atoms with van der Waals surface area (Å²) in [6.07, 6.45) is -4.51. The minimum Gasteiger partial charge on any atom is -0.465 e. The highest BCUT2D eigenvalue weighted by Crippen LogP contribution is 2.28. The van der Waals surface area contributed by atoms with Crippen LogP contribution in [0.15, 0.2) is 24.3 Å². The number of rotatable bonds is 7. The topological polar surface area (TPSA) is 81.9 Å². The number of hydrogen-bond acceptors (Lipinski definition) is 6. The summed E-state index contributed by atoms with van der Waals surface area (Å²) in [7, 11) is 3.06. The number of nitrogens with one attached hydrogen (secondary N) is 1. The summed E-state index contributed by atoms with van der Waals surface area (Å²) in [6.45, 7) is 2.05. The van der Waals surface area contributed by atoms with Crippen LogP contribution in [0.3, 0.4) is 0 Å². The second kappa shape index (κ2) is 8.68. The van der Waals surface area contributed by atoms with E-state index in [1.807, 2.05) is 6.92 Å². The summed E-state index contributed by atoms with van der Waals surface area (Å²) in [4.78, 5) is 20.8. The number of aromatic nitrogens is 4. The molecule has 0 bridgehead atoms. The van der Waals surface area contributed by atoms with Crippen LogP contribution in [0.25, 0.3) is 22.4 Å². The number of benzene rings is 1. The van der Waals surface area contributed by atoms with Crippen molar-refractivity contribution in [2.24, 2.45) is 7.05 Å². The van der Waals surface area contributed by atoms with Crippen molar-refractivity contribution in [2.45, 2.75) is 32.4 Å². The molecule has 0 radical (unpaired) electrons. The van der Waals surface area contributed by atoms with Crippen LogP contribution in [0.5, 0.6) is 0 Å². The Hall–Kier alpha value is -3.17. The average molecular weight is 421 g/mol. The number of hydrogen-bond donors (Lipinski definition) is 1. The molecule has 0 fully saturated rings. The van der Waals surface area contributed by atoms with Crippen molar-refractivity contribution >= 4 is 22.8 Å². The lowest BCUT2D eigenvalue weighted by Crippen LogP contribution is -2.12. The average Bonchev–Trinajstić information content (AvgIpc) is 3.06. The highest BCUT2D eigenvalue weighted by molar-refractivity contribution is 5.92. The minimum atomic E-state index is -4.20. The Morgan fingerprint density at radius 2 is 1.90 bits per heavy atom. The molecule has 0 aliphatic carbocycles. The molecule has 3 rings (SSSR count). The molecule has 2 aromatic heterocycles. The summed E-state index contributed by atoms with van der Waals surface area (Å²) in [6, 6.07) is 6.59. The van der Waals surface area contributed by atoms with E-state index < -0.39 is 18.6 Å². The van der Waals surface area contributed by atoms with Crippen molar-refractivity contribution in [3.05, 3.63) is 35.5 Å². The first-order chi connectivity index (χ1) is 14.2. The Bertz CT molecular complexity index is 1050. The number of methoxy groups -OCH3 is 1. The van der Waals surface area contributed by atoms with E-state index in [2.05, 4.69) is 20.4 Å². The van der Waals surface area contributed by atoms with Gasteiger partial charge in [-0.05, 0) is 25.0 Å². The molecule has 10 heteroatoms. The van der Waals surface area contributed by atoms with Gasteiger partial charge in [-0.2, -0.15) is 18.3 Å². The normalized spacial score (nSPS) is 11.7. The highest BCUT2D eigenvalue weighted by Gasteiger charge is 2.26. The second-order valence-electron chi connectivity index (χ2n) is 6.73. The van der Waals surface area contributed by atoms with E-state index in [-0.39, 0.29) is 13.0 Å². The van der Waals surface area contributed by atoms with Crippen molar-refractivity contribution in [3.63, 3.8) is 0 Å². The van der Waals surface area contributed by atoms with Gasteiger partial charge in [-0.25, -0.2) is 19.4 Å². The number of alkyl halides is 3. The molecule has 0 saturated heterocycles. The van der Waals surface area contributed by atoms with Crippen molar-refractivity contribution in [3.8, 4) is 11.4 Å². The predicted octanol–water partition coefficient (Wildman–Crippen LogP) is 4.13. The Kier molecular flexibility index (Phi) is 6.23. The molecule has 0 aliphatic rings. The van der Waals surface area contributed by atoms with Gasteiger partial charge in [0.15, 0.2) is 11.5 Å². The van der Waals surface area contributed by atoms with E-state index in [0.717, 1.165) is 5.69 Å². The molecule has 160 valence electrons. The van der Waals surface area contributed by atoms with Crippen LogP contribution in [-0.4, -0.2) is 45.5 Å². The fraction of sp³-hybridized carbons (Fsp3) is 0.400. The third-order valence-corrected chi connectivity index (χ3v) is 4.58. The fourth-order valence-corrected chi connectivity index (χ4v) is 3.10. The zero-order valence-electron chi connectivity index (χ0n) is 16.9. The lowest BCUT2D eigenvalue weighted by molar-refractivity contribution is -0.134. The molecule has 0 spiro atoms. The minimum absolute atomic E-state index is 0.0696. The largest absolute Gasteiger partial charge is 0.465 e. The zero-order valence-corrected chi connectivity index (χ0v) is 16.9. The molecule has 30 heavy (non-hydrogen) atoms. The summed E-state index contributed by atoms with van der Waals surface area (Å²) in [5, 5.41) is 8.17. The molecule has 3 aromatic rings. The lowest BCUT2D eigenvalue weighted by atomic mass is 10.1. The van der Waals surface area contributed by atoms with Crippen LogP contribution in [0.2, 0.25) is 0 Å². The summed E-state index contributed by atoms with van der Waals surface area (Å²) >= 11 is 0. The van der Waals surface area contributed by atoms with Crippen molar-refractivity contribution in [1.82, 2.24) is 19.7 Å². The van der Waals surface area contributed by atoms with E-state index in [9.17, 15) is 18.0 Å². The molecule has 7 nitrogen and oxygen atoms in total. The second-order valence-corrected chi connectivity index (χ2v) is 6.73. The van der Waals surface area contributed by atoms with E-state index in [0.29, 0.717) is 40.2 Å². The van der Waals surface area contributed by atoms with Gasteiger partial charge in [0.25, 0.3) is 0 Å². The molecular weight excluding hydrogens is 399 g/mol. The quantitative estimate of drug-likeness (QED) is 0.456. The van der Waals surface area contributed by atoms with E-state index in [1.165, 1.54) is 7.11 Å². The fourth-order valence-electron chi connectivity index (χ4n) is 3.10. The van der Waals surface area contributed by atoms with Gasteiger partial charge in [-0.1, -0.05) is 19.1 Å². The van der Waals surface area contributed by atoms with E-state index >= 15 is 0 Å². The number of carbonyl (C=O) groups is 1. The van der Waals surface area contributed by atoms with Crippen LogP contribution < -0.4 is 5.32 Å². The highest BCUT2D eigenvalue weighted by atomic mass is 19.4. The molecule has 1 N–H and O–H groups in total. The Balaban J connectivity index is 1.97. The maximum atomic E-state index is 12.5. The van der Waals surface area contributed by atoms with Gasteiger partial charge in [0.2, 0.25) is 0 Å². The molecule has 0 atom stereocenters. The molecule has 0 amide bonds. The molecule has 1 aromatic carbocycles. The lowest BCUT2D eigenvalue weighted by Gasteiger charge is -2.11. The predicted molar refractivity (Wildman–Crippen MR) is 106 cm³/mol. The Morgan fingerprint density at radius 3 is 2.50 bits per heavy atom. The summed E-state index contributed by atoms with van der Waals surface area (Å²) < 4.78 is 43.7. The first-order valence-electron chi connectivity index (χ1n) is 9.46. The van der Waals surface area contributed by atoms with Gasteiger partial charge in [0.1, 0.15) is 5.82 Å². The van der Waals surface area contributed by atoms with Gasteiger partial charge in [-0.15, -0.1) is 0 Å². The molecule has 0 unspecified atom stereocenters. The van der Waals surface area contributed by atoms with E-state index in [1.54, 1.807) is 36.0 Å². The molecule has 0 aliphatic heterocycles. The smallest absolute Gasteiger partial charge is 0.389 e. The number of carbonyl (C=O) groups excluding carboxylic acids is 1. The van der Waals surface area contributed by atoms with Crippen LogP contribution in [0.1, 0.15) is 35.8 Å². The van der Waals surface area contributed by atoms with Crippen molar-refractivity contribution in [2.75, 3.05) is 19.0 Å². The maximum Gasteiger partial charge on any atom is 0.389 e.